The second-order valence-corrected chi connectivity index (χ2v) is 6.29. The Bertz CT molecular complexity index is 681. The summed E-state index contributed by atoms with van der Waals surface area (Å²) in [4.78, 5) is 14.1. The number of hydrogen-bond acceptors (Lipinski definition) is 4. The molecule has 1 aliphatic heterocycles. The van der Waals surface area contributed by atoms with E-state index in [9.17, 15) is 4.79 Å². The predicted molar refractivity (Wildman–Crippen MR) is 88.4 cm³/mol. The van der Waals surface area contributed by atoms with Crippen LogP contribution < -0.4 is 5.32 Å². The molecule has 1 fully saturated rings. The highest BCUT2D eigenvalue weighted by atomic mass is 35.5. The van der Waals surface area contributed by atoms with E-state index in [0.29, 0.717) is 23.3 Å². The fourth-order valence-corrected chi connectivity index (χ4v) is 3.01. The van der Waals surface area contributed by atoms with Gasteiger partial charge in [-0.05, 0) is 43.6 Å². The van der Waals surface area contributed by atoms with E-state index < -0.39 is 0 Å². The van der Waals surface area contributed by atoms with Crippen LogP contribution >= 0.6 is 11.6 Å². The number of carbonyl (C=O) groups is 1. The van der Waals surface area contributed by atoms with Crippen molar-refractivity contribution in [2.24, 2.45) is 0 Å². The number of carbonyl (C=O) groups excluding carboxylic acids is 1. The van der Waals surface area contributed by atoms with Gasteiger partial charge in [-0.3, -0.25) is 4.79 Å². The number of amides is 1. The van der Waals surface area contributed by atoms with E-state index in [4.69, 9.17) is 11.6 Å². The lowest BCUT2D eigenvalue weighted by atomic mass is 10.1. The summed E-state index contributed by atoms with van der Waals surface area (Å²) in [6.07, 6.45) is 3.78. The van der Waals surface area contributed by atoms with Gasteiger partial charge in [0.2, 0.25) is 0 Å². The van der Waals surface area contributed by atoms with Crippen LogP contribution in [0.3, 0.4) is 0 Å². The molecule has 2 aromatic rings. The van der Waals surface area contributed by atoms with Crippen LogP contribution in [0.4, 0.5) is 0 Å². The third-order valence-corrected chi connectivity index (χ3v) is 4.30. The largest absolute Gasteiger partial charge is 0.336 e. The van der Waals surface area contributed by atoms with Crippen LogP contribution in [0.5, 0.6) is 0 Å². The molecule has 122 valence electrons. The molecule has 6 nitrogen and oxygen atoms in total. The number of halogens is 1. The Hall–Kier alpha value is -1.92. The molecule has 0 aliphatic carbocycles. The normalized spacial score (nSPS) is 15.6. The topological polar surface area (TPSA) is 63.1 Å². The van der Waals surface area contributed by atoms with Crippen LogP contribution in [0.25, 0.3) is 0 Å². The van der Waals surface area contributed by atoms with Crippen molar-refractivity contribution in [2.75, 3.05) is 20.1 Å². The van der Waals surface area contributed by atoms with E-state index in [1.807, 2.05) is 28.9 Å². The Morgan fingerprint density at radius 2 is 2.22 bits per heavy atom. The number of hydrogen-bond donors (Lipinski definition) is 1. The molecule has 0 radical (unpaired) electrons. The SMILES string of the molecule is CN(Cc1cccc(Cl)c1)C(=O)c1cn(C2CCNCC2)nn1. The first-order valence-electron chi connectivity index (χ1n) is 7.76. The molecule has 0 unspecified atom stereocenters. The van der Waals surface area contributed by atoms with Gasteiger partial charge in [0, 0.05) is 18.6 Å². The summed E-state index contributed by atoms with van der Waals surface area (Å²) in [5.41, 5.74) is 1.37. The van der Waals surface area contributed by atoms with Gasteiger partial charge in [0.25, 0.3) is 5.91 Å². The molecule has 0 spiro atoms. The number of aromatic nitrogens is 3. The molecule has 1 saturated heterocycles. The van der Waals surface area contributed by atoms with Gasteiger partial charge in [-0.25, -0.2) is 4.68 Å². The Balaban J connectivity index is 1.66. The second-order valence-electron chi connectivity index (χ2n) is 5.86. The standard InChI is InChI=1S/C16H20ClN5O/c1-21(10-12-3-2-4-13(17)9-12)16(23)15-11-22(20-19-15)14-5-7-18-8-6-14/h2-4,9,11,14,18H,5-8,10H2,1H3. The van der Waals surface area contributed by atoms with Gasteiger partial charge >= 0.3 is 0 Å². The van der Waals surface area contributed by atoms with Crippen molar-refractivity contribution in [1.82, 2.24) is 25.2 Å². The Morgan fingerprint density at radius 3 is 2.96 bits per heavy atom. The summed E-state index contributed by atoms with van der Waals surface area (Å²) in [5, 5.41) is 12.2. The summed E-state index contributed by atoms with van der Waals surface area (Å²) in [6.45, 7) is 2.44. The molecule has 3 rings (SSSR count). The first-order chi connectivity index (χ1) is 11.1. The first kappa shape index (κ1) is 16.0. The minimum Gasteiger partial charge on any atom is -0.336 e. The Morgan fingerprint density at radius 1 is 1.43 bits per heavy atom. The third-order valence-electron chi connectivity index (χ3n) is 4.07. The number of piperidine rings is 1. The first-order valence-corrected chi connectivity index (χ1v) is 8.14. The number of nitrogens with one attached hydrogen (secondary N) is 1. The van der Waals surface area contributed by atoms with Crippen molar-refractivity contribution in [3.05, 3.63) is 46.7 Å². The van der Waals surface area contributed by atoms with Gasteiger partial charge < -0.3 is 10.2 Å². The molecule has 1 aliphatic rings. The number of nitrogens with zero attached hydrogens (tertiary/aromatic N) is 4. The molecule has 1 aromatic heterocycles. The van der Waals surface area contributed by atoms with Crippen LogP contribution in [0.15, 0.2) is 30.5 Å². The Kier molecular flexibility index (Phi) is 4.93. The minimum atomic E-state index is -0.134. The van der Waals surface area contributed by atoms with Crippen molar-refractivity contribution < 1.29 is 4.79 Å². The number of benzene rings is 1. The van der Waals surface area contributed by atoms with Gasteiger partial charge in [-0.1, -0.05) is 28.9 Å². The highest BCUT2D eigenvalue weighted by molar-refractivity contribution is 6.30. The van der Waals surface area contributed by atoms with E-state index in [1.165, 1.54) is 0 Å². The van der Waals surface area contributed by atoms with Crippen molar-refractivity contribution in [1.29, 1.82) is 0 Å². The van der Waals surface area contributed by atoms with Gasteiger partial charge in [0.1, 0.15) is 0 Å². The molecule has 2 heterocycles. The zero-order valence-electron chi connectivity index (χ0n) is 13.1. The zero-order chi connectivity index (χ0) is 16.2. The molecular formula is C16H20ClN5O. The molecule has 7 heteroatoms. The average Bonchev–Trinajstić information content (AvgIpc) is 3.05. The smallest absolute Gasteiger partial charge is 0.276 e. The maximum absolute atomic E-state index is 12.5. The lowest BCUT2D eigenvalue weighted by Gasteiger charge is -2.22. The summed E-state index contributed by atoms with van der Waals surface area (Å²) in [7, 11) is 1.76. The summed E-state index contributed by atoms with van der Waals surface area (Å²) in [6, 6.07) is 7.82. The Labute approximate surface area is 140 Å². The van der Waals surface area contributed by atoms with Crippen LogP contribution in [0.1, 0.15) is 34.9 Å². The maximum Gasteiger partial charge on any atom is 0.276 e. The summed E-state index contributed by atoms with van der Waals surface area (Å²) < 4.78 is 1.82. The summed E-state index contributed by atoms with van der Waals surface area (Å²) >= 11 is 5.98. The van der Waals surface area contributed by atoms with E-state index in [1.54, 1.807) is 18.1 Å². The van der Waals surface area contributed by atoms with E-state index in [0.717, 1.165) is 31.5 Å². The van der Waals surface area contributed by atoms with Crippen molar-refractivity contribution in [3.63, 3.8) is 0 Å². The van der Waals surface area contributed by atoms with Crippen molar-refractivity contribution in [2.45, 2.75) is 25.4 Å². The lowest BCUT2D eigenvalue weighted by Crippen LogP contribution is -2.29. The summed E-state index contributed by atoms with van der Waals surface area (Å²) in [5.74, 6) is -0.134. The fraction of sp³-hybridized carbons (Fsp3) is 0.438. The average molecular weight is 334 g/mol. The molecule has 0 bridgehead atoms. The molecule has 1 aromatic carbocycles. The van der Waals surface area contributed by atoms with Gasteiger partial charge in [0.15, 0.2) is 5.69 Å². The van der Waals surface area contributed by atoms with Crippen LogP contribution in [-0.4, -0.2) is 45.9 Å². The minimum absolute atomic E-state index is 0.134. The predicted octanol–water partition coefficient (Wildman–Crippen LogP) is 2.13. The molecule has 1 N–H and O–H groups in total. The maximum atomic E-state index is 12.5. The fourth-order valence-electron chi connectivity index (χ4n) is 2.80. The zero-order valence-corrected chi connectivity index (χ0v) is 13.8. The second kappa shape index (κ2) is 7.10. The van der Waals surface area contributed by atoms with Crippen LogP contribution in [-0.2, 0) is 6.54 Å². The third kappa shape index (κ3) is 3.89. The monoisotopic (exact) mass is 333 g/mol. The molecule has 23 heavy (non-hydrogen) atoms. The van der Waals surface area contributed by atoms with Crippen molar-refractivity contribution in [3.8, 4) is 0 Å². The van der Waals surface area contributed by atoms with Crippen LogP contribution in [0, 0.1) is 0 Å². The molecule has 0 atom stereocenters. The van der Waals surface area contributed by atoms with E-state index in [-0.39, 0.29) is 5.91 Å². The van der Waals surface area contributed by atoms with Crippen molar-refractivity contribution >= 4 is 17.5 Å². The molecule has 0 saturated carbocycles. The quantitative estimate of drug-likeness (QED) is 0.931. The van der Waals surface area contributed by atoms with E-state index >= 15 is 0 Å². The lowest BCUT2D eigenvalue weighted by molar-refractivity contribution is 0.0779. The van der Waals surface area contributed by atoms with Crippen LogP contribution in [0.2, 0.25) is 5.02 Å². The molecule has 1 amide bonds. The van der Waals surface area contributed by atoms with Gasteiger partial charge in [-0.15, -0.1) is 5.10 Å². The van der Waals surface area contributed by atoms with Gasteiger partial charge in [0.05, 0.1) is 12.2 Å². The number of rotatable bonds is 4. The van der Waals surface area contributed by atoms with Gasteiger partial charge in [-0.2, -0.15) is 0 Å². The molecular weight excluding hydrogens is 314 g/mol. The highest BCUT2D eigenvalue weighted by Gasteiger charge is 2.20. The van der Waals surface area contributed by atoms with E-state index in [2.05, 4.69) is 15.6 Å². The highest BCUT2D eigenvalue weighted by Crippen LogP contribution is 2.18.